The molecule has 0 radical (unpaired) electrons. The standard InChI is InChI=1S/C29H32F4N4O6/c1-15(2)8-9-20(36-29(42)28(41)35-17-6-4-3-5-7-17)27(40)37-21(12-16-10-11-34-26(16)39)22(38)14-43-25-23(32)18(30)13-19(31)24(25)33/h3-7,13,15-16,20-21H,8-12,14H2,1-2H3,(H,34,39)(H,35,41)(H,36,42)(H,37,40)/t16-,20-,21-/m0/s1. The molecule has 1 saturated heterocycles. The smallest absolute Gasteiger partial charge is 0.313 e. The third-order valence-electron chi connectivity index (χ3n) is 6.71. The number of ketones is 1. The Hall–Kier alpha value is -4.49. The van der Waals surface area contributed by atoms with Crippen LogP contribution < -0.4 is 26.0 Å². The molecular formula is C29H32F4N4O6. The third-order valence-corrected chi connectivity index (χ3v) is 6.71. The summed E-state index contributed by atoms with van der Waals surface area (Å²) in [6.45, 7) is 2.94. The first-order chi connectivity index (χ1) is 20.4. The Kier molecular flexibility index (Phi) is 11.6. The van der Waals surface area contributed by atoms with E-state index in [1.807, 2.05) is 13.8 Å². The highest BCUT2D eigenvalue weighted by Gasteiger charge is 2.34. The first-order valence-corrected chi connectivity index (χ1v) is 13.6. The summed E-state index contributed by atoms with van der Waals surface area (Å²) < 4.78 is 60.0. The Balaban J connectivity index is 1.76. The van der Waals surface area contributed by atoms with Crippen LogP contribution in [0.15, 0.2) is 36.4 Å². The van der Waals surface area contributed by atoms with E-state index in [9.17, 15) is 41.5 Å². The van der Waals surface area contributed by atoms with Gasteiger partial charge in [0.15, 0.2) is 23.2 Å². The first kappa shape index (κ1) is 33.0. The number of hydrogen-bond donors (Lipinski definition) is 4. The number of halogens is 4. The summed E-state index contributed by atoms with van der Waals surface area (Å²) in [6.07, 6.45) is 0.607. The highest BCUT2D eigenvalue weighted by atomic mass is 19.2. The Morgan fingerprint density at radius 2 is 1.58 bits per heavy atom. The second-order valence-electron chi connectivity index (χ2n) is 10.4. The number of carbonyl (C=O) groups is 5. The molecule has 4 N–H and O–H groups in total. The van der Waals surface area contributed by atoms with Crippen LogP contribution in [0, 0.1) is 35.1 Å². The van der Waals surface area contributed by atoms with Crippen molar-refractivity contribution >= 4 is 35.1 Å². The van der Waals surface area contributed by atoms with Crippen LogP contribution >= 0.6 is 0 Å². The van der Waals surface area contributed by atoms with Gasteiger partial charge >= 0.3 is 11.8 Å². The third kappa shape index (κ3) is 9.25. The molecule has 0 bridgehead atoms. The fourth-order valence-corrected chi connectivity index (χ4v) is 4.32. The fraction of sp³-hybridized carbons (Fsp3) is 0.414. The van der Waals surface area contributed by atoms with Crippen molar-refractivity contribution in [2.45, 2.75) is 51.6 Å². The van der Waals surface area contributed by atoms with Gasteiger partial charge in [0.1, 0.15) is 12.6 Å². The molecule has 0 aliphatic carbocycles. The van der Waals surface area contributed by atoms with E-state index >= 15 is 0 Å². The van der Waals surface area contributed by atoms with Gasteiger partial charge in [0.2, 0.25) is 23.4 Å². The monoisotopic (exact) mass is 608 g/mol. The van der Waals surface area contributed by atoms with E-state index in [0.717, 1.165) is 0 Å². The minimum atomic E-state index is -1.85. The Bertz CT molecular complexity index is 1330. The topological polar surface area (TPSA) is 143 Å². The molecule has 3 atom stereocenters. The van der Waals surface area contributed by atoms with Gasteiger partial charge in [-0.05, 0) is 43.7 Å². The summed E-state index contributed by atoms with van der Waals surface area (Å²) in [4.78, 5) is 63.7. The second-order valence-corrected chi connectivity index (χ2v) is 10.4. The molecule has 4 amide bonds. The summed E-state index contributed by atoms with van der Waals surface area (Å²) in [7, 11) is 0. The Morgan fingerprint density at radius 1 is 0.930 bits per heavy atom. The highest BCUT2D eigenvalue weighted by molar-refractivity contribution is 6.40. The number of rotatable bonds is 13. The van der Waals surface area contributed by atoms with Crippen molar-refractivity contribution < 1.29 is 46.3 Å². The molecule has 1 aliphatic heterocycles. The van der Waals surface area contributed by atoms with Gasteiger partial charge in [-0.15, -0.1) is 0 Å². The fourth-order valence-electron chi connectivity index (χ4n) is 4.32. The van der Waals surface area contributed by atoms with Crippen molar-refractivity contribution in [2.24, 2.45) is 11.8 Å². The van der Waals surface area contributed by atoms with Crippen LogP contribution in [-0.4, -0.2) is 54.6 Å². The molecule has 2 aromatic rings. The van der Waals surface area contributed by atoms with Crippen LogP contribution in [0.25, 0.3) is 0 Å². The molecule has 1 fully saturated rings. The molecule has 1 heterocycles. The number of hydrogen-bond acceptors (Lipinski definition) is 6. The zero-order valence-electron chi connectivity index (χ0n) is 23.5. The molecule has 14 heteroatoms. The molecule has 1 aliphatic rings. The van der Waals surface area contributed by atoms with Crippen LogP contribution in [0.5, 0.6) is 5.75 Å². The van der Waals surface area contributed by atoms with Gasteiger partial charge in [-0.25, -0.2) is 8.78 Å². The van der Waals surface area contributed by atoms with Gasteiger partial charge < -0.3 is 26.0 Å². The lowest BCUT2D eigenvalue weighted by Crippen LogP contribution is -2.54. The maximum atomic E-state index is 14.0. The number of ether oxygens (including phenoxy) is 1. The molecule has 3 rings (SSSR count). The Morgan fingerprint density at radius 3 is 2.16 bits per heavy atom. The van der Waals surface area contributed by atoms with Gasteiger partial charge in [-0.2, -0.15) is 8.78 Å². The van der Waals surface area contributed by atoms with Crippen LogP contribution in [0.2, 0.25) is 0 Å². The predicted molar refractivity (Wildman–Crippen MR) is 146 cm³/mol. The number of anilines is 1. The zero-order valence-corrected chi connectivity index (χ0v) is 23.5. The summed E-state index contributed by atoms with van der Waals surface area (Å²) in [6, 6.07) is 5.36. The van der Waals surface area contributed by atoms with Crippen LogP contribution in [0.1, 0.15) is 39.5 Å². The van der Waals surface area contributed by atoms with Crippen molar-refractivity contribution in [3.63, 3.8) is 0 Å². The van der Waals surface area contributed by atoms with E-state index in [4.69, 9.17) is 4.74 Å². The minimum Gasteiger partial charge on any atom is -0.479 e. The lowest BCUT2D eigenvalue weighted by molar-refractivity contribution is -0.138. The second kappa shape index (κ2) is 15.1. The van der Waals surface area contributed by atoms with Crippen LogP contribution in [0.4, 0.5) is 23.2 Å². The predicted octanol–water partition coefficient (Wildman–Crippen LogP) is 2.76. The average molecular weight is 609 g/mol. The SMILES string of the molecule is CC(C)CC[C@H](NC(=O)C(=O)Nc1ccccc1)C(=O)N[C@@H](C[C@@H]1CCNC1=O)C(=O)COc1c(F)c(F)cc(F)c1F. The first-order valence-electron chi connectivity index (χ1n) is 13.6. The van der Waals surface area contributed by atoms with Crippen LogP contribution in [-0.2, 0) is 24.0 Å². The van der Waals surface area contributed by atoms with E-state index < -0.39 is 77.1 Å². The average Bonchev–Trinajstić information content (AvgIpc) is 3.37. The summed E-state index contributed by atoms with van der Waals surface area (Å²) in [5.41, 5.74) is 0.345. The molecule has 2 aromatic carbocycles. The lowest BCUT2D eigenvalue weighted by Gasteiger charge is -2.24. The van der Waals surface area contributed by atoms with Gasteiger partial charge in [0, 0.05) is 24.2 Å². The molecule has 232 valence electrons. The number of carbonyl (C=O) groups excluding carboxylic acids is 5. The number of benzene rings is 2. The summed E-state index contributed by atoms with van der Waals surface area (Å²) in [5.74, 6) is -13.6. The maximum Gasteiger partial charge on any atom is 0.313 e. The van der Waals surface area contributed by atoms with Crippen molar-refractivity contribution in [1.82, 2.24) is 16.0 Å². The van der Waals surface area contributed by atoms with Crippen molar-refractivity contribution in [3.8, 4) is 5.75 Å². The van der Waals surface area contributed by atoms with Gasteiger partial charge in [-0.1, -0.05) is 32.0 Å². The molecule has 10 nitrogen and oxygen atoms in total. The molecule has 0 spiro atoms. The van der Waals surface area contributed by atoms with Gasteiger partial charge in [0.05, 0.1) is 6.04 Å². The quantitative estimate of drug-likeness (QED) is 0.157. The number of nitrogens with one attached hydrogen (secondary N) is 4. The number of Topliss-reactive ketones (excluding diaryl/α,β-unsaturated/α-hetero) is 1. The van der Waals surface area contributed by atoms with Gasteiger partial charge in [0.25, 0.3) is 0 Å². The van der Waals surface area contributed by atoms with E-state index in [1.165, 1.54) is 0 Å². The van der Waals surface area contributed by atoms with Gasteiger partial charge in [-0.3, -0.25) is 24.0 Å². The normalized spacial score (nSPS) is 15.8. The lowest BCUT2D eigenvalue weighted by atomic mass is 9.95. The van der Waals surface area contributed by atoms with E-state index in [-0.39, 0.29) is 30.7 Å². The molecule has 0 unspecified atom stereocenters. The molecule has 43 heavy (non-hydrogen) atoms. The van der Waals surface area contributed by atoms with Crippen LogP contribution in [0.3, 0.4) is 0 Å². The number of para-hydroxylation sites is 1. The van der Waals surface area contributed by atoms with Crippen molar-refractivity contribution in [3.05, 3.63) is 59.7 Å². The van der Waals surface area contributed by atoms with Crippen molar-refractivity contribution in [2.75, 3.05) is 18.5 Å². The summed E-state index contributed by atoms with van der Waals surface area (Å²) >= 11 is 0. The van der Waals surface area contributed by atoms with E-state index in [2.05, 4.69) is 21.3 Å². The Labute approximate surface area is 244 Å². The van der Waals surface area contributed by atoms with E-state index in [1.54, 1.807) is 30.3 Å². The van der Waals surface area contributed by atoms with E-state index in [0.29, 0.717) is 25.1 Å². The van der Waals surface area contributed by atoms with Crippen molar-refractivity contribution in [1.29, 1.82) is 0 Å². The minimum absolute atomic E-state index is 0.0210. The maximum absolute atomic E-state index is 14.0. The number of amides is 4. The molecular weight excluding hydrogens is 576 g/mol. The zero-order chi connectivity index (χ0) is 31.7. The largest absolute Gasteiger partial charge is 0.479 e. The molecule has 0 aromatic heterocycles. The molecule has 0 saturated carbocycles. The summed E-state index contributed by atoms with van der Waals surface area (Å²) in [5, 5.41) is 9.78. The highest BCUT2D eigenvalue weighted by Crippen LogP contribution is 2.27.